The lowest BCUT2D eigenvalue weighted by Crippen LogP contribution is -2.30. The van der Waals surface area contributed by atoms with Crippen molar-refractivity contribution in [3.05, 3.63) is 71.8 Å². The number of aromatic nitrogens is 3. The Morgan fingerprint density at radius 1 is 1.08 bits per heavy atom. The first-order valence-electron chi connectivity index (χ1n) is 11.3. The van der Waals surface area contributed by atoms with Gasteiger partial charge in [-0.25, -0.2) is 13.4 Å². The van der Waals surface area contributed by atoms with Gasteiger partial charge in [0, 0.05) is 58.6 Å². The summed E-state index contributed by atoms with van der Waals surface area (Å²) in [6.07, 6.45) is 5.58. The lowest BCUT2D eigenvalue weighted by atomic mass is 10.0. The standard InChI is InChI=1S/C25H27N7O3S/c1-4-32(5-2)25(33)18-7-6-8-21-19(18)11-22(30-21)23(26)20-10-16(13-29-24(20)27)15-9-17(14-28-12-15)31-36(3,34)35/h6-14,26,30-31H,4-5H2,1-3H3,(H2,27,29). The van der Waals surface area contributed by atoms with Gasteiger partial charge in [-0.3, -0.25) is 19.9 Å². The van der Waals surface area contributed by atoms with Gasteiger partial charge in [0.15, 0.2) is 0 Å². The number of fused-ring (bicyclic) bond motifs is 1. The molecule has 3 aromatic heterocycles. The van der Waals surface area contributed by atoms with Gasteiger partial charge in [-0.05, 0) is 44.2 Å². The Hall–Kier alpha value is -4.25. The molecule has 4 rings (SSSR count). The molecule has 5 N–H and O–H groups in total. The van der Waals surface area contributed by atoms with Crippen LogP contribution < -0.4 is 10.5 Å². The summed E-state index contributed by atoms with van der Waals surface area (Å²) in [4.78, 5) is 26.3. The number of pyridine rings is 2. The number of nitrogens with zero attached hydrogens (tertiary/aromatic N) is 3. The first-order valence-corrected chi connectivity index (χ1v) is 13.2. The second-order valence-corrected chi connectivity index (χ2v) is 10.0. The van der Waals surface area contributed by atoms with Crippen LogP contribution in [-0.4, -0.2) is 59.2 Å². The van der Waals surface area contributed by atoms with Gasteiger partial charge in [-0.15, -0.1) is 0 Å². The molecule has 1 amide bonds. The summed E-state index contributed by atoms with van der Waals surface area (Å²) in [6, 6.07) is 10.6. The Morgan fingerprint density at radius 2 is 1.81 bits per heavy atom. The third-order valence-corrected chi connectivity index (χ3v) is 6.38. The van der Waals surface area contributed by atoms with Crippen LogP contribution in [0, 0.1) is 5.41 Å². The number of anilines is 2. The van der Waals surface area contributed by atoms with E-state index in [9.17, 15) is 13.2 Å². The first kappa shape index (κ1) is 24.9. The SMILES string of the molecule is CCN(CC)C(=O)c1cccc2[nH]c(C(=N)c3cc(-c4cncc(NS(C)(=O)=O)c4)cnc3N)cc12. The van der Waals surface area contributed by atoms with Crippen molar-refractivity contribution in [3.8, 4) is 11.1 Å². The van der Waals surface area contributed by atoms with Gasteiger partial charge in [0.05, 0.1) is 29.5 Å². The highest BCUT2D eigenvalue weighted by Gasteiger charge is 2.19. The van der Waals surface area contributed by atoms with Gasteiger partial charge in [0.2, 0.25) is 10.0 Å². The number of aromatic amines is 1. The third-order valence-electron chi connectivity index (χ3n) is 5.78. The largest absolute Gasteiger partial charge is 0.383 e. The number of hydrogen-bond acceptors (Lipinski definition) is 7. The molecule has 0 aliphatic carbocycles. The number of sulfonamides is 1. The van der Waals surface area contributed by atoms with Gasteiger partial charge >= 0.3 is 0 Å². The molecule has 0 saturated carbocycles. The maximum absolute atomic E-state index is 13.0. The average molecular weight is 506 g/mol. The van der Waals surface area contributed by atoms with E-state index >= 15 is 0 Å². The third kappa shape index (κ3) is 5.05. The minimum atomic E-state index is -3.46. The zero-order valence-electron chi connectivity index (χ0n) is 20.2. The van der Waals surface area contributed by atoms with Gasteiger partial charge in [0.25, 0.3) is 5.91 Å². The van der Waals surface area contributed by atoms with Crippen LogP contribution in [0.4, 0.5) is 11.5 Å². The van der Waals surface area contributed by atoms with E-state index in [1.165, 1.54) is 6.20 Å². The molecule has 1 aromatic carbocycles. The van der Waals surface area contributed by atoms with Crippen LogP contribution in [0.1, 0.15) is 35.5 Å². The molecule has 11 heteroatoms. The molecule has 0 saturated heterocycles. The van der Waals surface area contributed by atoms with E-state index in [-0.39, 0.29) is 17.4 Å². The molecule has 0 aliphatic heterocycles. The monoisotopic (exact) mass is 505 g/mol. The van der Waals surface area contributed by atoms with Crippen LogP contribution >= 0.6 is 0 Å². The summed E-state index contributed by atoms with van der Waals surface area (Å²) in [5, 5.41) is 9.57. The number of carbonyl (C=O) groups excluding carboxylic acids is 1. The predicted molar refractivity (Wildman–Crippen MR) is 142 cm³/mol. The molecule has 10 nitrogen and oxygen atoms in total. The quantitative estimate of drug-likeness (QED) is 0.268. The van der Waals surface area contributed by atoms with Crippen molar-refractivity contribution in [2.45, 2.75) is 13.8 Å². The second kappa shape index (κ2) is 9.78. The van der Waals surface area contributed by atoms with E-state index in [1.807, 2.05) is 26.0 Å². The van der Waals surface area contributed by atoms with Gasteiger partial charge in [0.1, 0.15) is 5.82 Å². The average Bonchev–Trinajstić information content (AvgIpc) is 3.28. The van der Waals surface area contributed by atoms with Crippen molar-refractivity contribution < 1.29 is 13.2 Å². The Balaban J connectivity index is 1.72. The summed E-state index contributed by atoms with van der Waals surface area (Å²) >= 11 is 0. The molecule has 0 spiro atoms. The molecule has 0 radical (unpaired) electrons. The Kier molecular flexibility index (Phi) is 6.75. The van der Waals surface area contributed by atoms with Crippen molar-refractivity contribution in [3.63, 3.8) is 0 Å². The van der Waals surface area contributed by atoms with Crippen LogP contribution in [0.5, 0.6) is 0 Å². The van der Waals surface area contributed by atoms with Gasteiger partial charge in [-0.2, -0.15) is 0 Å². The zero-order chi connectivity index (χ0) is 26.0. The van der Waals surface area contributed by atoms with Crippen molar-refractivity contribution >= 4 is 44.1 Å². The molecule has 0 unspecified atom stereocenters. The smallest absolute Gasteiger partial charge is 0.254 e. The molecule has 0 fully saturated rings. The Labute approximate surface area is 209 Å². The molecule has 186 valence electrons. The molecule has 0 atom stereocenters. The lowest BCUT2D eigenvalue weighted by Gasteiger charge is -2.18. The highest BCUT2D eigenvalue weighted by molar-refractivity contribution is 7.92. The van der Waals surface area contributed by atoms with E-state index in [4.69, 9.17) is 11.1 Å². The molecular formula is C25H27N7O3S. The Bertz CT molecular complexity index is 1570. The van der Waals surface area contributed by atoms with Crippen molar-refractivity contribution in [2.75, 3.05) is 29.8 Å². The summed E-state index contributed by atoms with van der Waals surface area (Å²) in [5.74, 6) is 0.0983. The molecule has 0 bridgehead atoms. The summed E-state index contributed by atoms with van der Waals surface area (Å²) in [7, 11) is -3.46. The number of amides is 1. The maximum atomic E-state index is 13.0. The number of hydrogen-bond donors (Lipinski definition) is 4. The molecule has 4 aromatic rings. The molecule has 0 aliphatic rings. The van der Waals surface area contributed by atoms with Crippen LogP contribution in [-0.2, 0) is 10.0 Å². The van der Waals surface area contributed by atoms with Gasteiger partial charge < -0.3 is 15.6 Å². The number of benzene rings is 1. The minimum absolute atomic E-state index is 0.0686. The maximum Gasteiger partial charge on any atom is 0.254 e. The molecular weight excluding hydrogens is 478 g/mol. The zero-order valence-corrected chi connectivity index (χ0v) is 21.0. The van der Waals surface area contributed by atoms with Gasteiger partial charge in [-0.1, -0.05) is 6.07 Å². The number of nitrogens with two attached hydrogens (primary N) is 1. The fourth-order valence-electron chi connectivity index (χ4n) is 4.00. The van der Waals surface area contributed by atoms with E-state index in [1.54, 1.807) is 41.6 Å². The lowest BCUT2D eigenvalue weighted by molar-refractivity contribution is 0.0775. The fraction of sp³-hybridized carbons (Fsp3) is 0.200. The predicted octanol–water partition coefficient (Wildman–Crippen LogP) is 3.48. The van der Waals surface area contributed by atoms with E-state index in [0.29, 0.717) is 46.7 Å². The number of carbonyl (C=O) groups is 1. The highest BCUT2D eigenvalue weighted by Crippen LogP contribution is 2.27. The van der Waals surface area contributed by atoms with E-state index in [0.717, 1.165) is 17.2 Å². The fourth-order valence-corrected chi connectivity index (χ4v) is 4.54. The number of nitrogen functional groups attached to an aromatic ring is 1. The van der Waals surface area contributed by atoms with E-state index in [2.05, 4.69) is 19.7 Å². The van der Waals surface area contributed by atoms with Crippen molar-refractivity contribution in [1.82, 2.24) is 19.9 Å². The van der Waals surface area contributed by atoms with Crippen LogP contribution in [0.2, 0.25) is 0 Å². The number of rotatable bonds is 8. The Morgan fingerprint density at radius 3 is 2.50 bits per heavy atom. The number of nitrogens with one attached hydrogen (secondary N) is 3. The summed E-state index contributed by atoms with van der Waals surface area (Å²) in [6.45, 7) is 5.07. The first-order chi connectivity index (χ1) is 17.1. The highest BCUT2D eigenvalue weighted by atomic mass is 32.2. The van der Waals surface area contributed by atoms with Crippen molar-refractivity contribution in [2.24, 2.45) is 0 Å². The van der Waals surface area contributed by atoms with Crippen molar-refractivity contribution in [1.29, 1.82) is 5.41 Å². The normalized spacial score (nSPS) is 11.4. The summed E-state index contributed by atoms with van der Waals surface area (Å²) in [5.41, 5.74) is 9.94. The topological polar surface area (TPSA) is 158 Å². The minimum Gasteiger partial charge on any atom is -0.383 e. The summed E-state index contributed by atoms with van der Waals surface area (Å²) < 4.78 is 25.6. The van der Waals surface area contributed by atoms with Crippen LogP contribution in [0.3, 0.4) is 0 Å². The van der Waals surface area contributed by atoms with Crippen LogP contribution in [0.25, 0.3) is 22.0 Å². The van der Waals surface area contributed by atoms with Crippen LogP contribution in [0.15, 0.2) is 55.0 Å². The second-order valence-electron chi connectivity index (χ2n) is 8.30. The molecule has 3 heterocycles. The number of H-pyrrole nitrogens is 1. The van der Waals surface area contributed by atoms with E-state index < -0.39 is 10.0 Å². The molecule has 36 heavy (non-hydrogen) atoms.